The van der Waals surface area contributed by atoms with E-state index in [0.29, 0.717) is 11.9 Å². The van der Waals surface area contributed by atoms with Crippen LogP contribution >= 0.6 is 0 Å². The number of carbonyl (C=O) groups is 1. The Balaban J connectivity index is 2.35. The topological polar surface area (TPSA) is 106 Å². The number of methoxy groups -OCH3 is 1. The van der Waals surface area contributed by atoms with Crippen LogP contribution in [0.25, 0.3) is 16.6 Å². The minimum Gasteiger partial charge on any atom is -0.493 e. The van der Waals surface area contributed by atoms with Crippen LogP contribution in [0.5, 0.6) is 0 Å². The number of allylic oxidation sites excluding steroid dienone is 3. The number of sulfonamides is 1. The molecular weight excluding hydrogens is 463 g/mol. The molecule has 33 heavy (non-hydrogen) atoms. The van der Waals surface area contributed by atoms with Gasteiger partial charge in [0.15, 0.2) is 17.9 Å². The van der Waals surface area contributed by atoms with E-state index in [1.165, 1.54) is 19.3 Å². The van der Waals surface area contributed by atoms with Crippen LogP contribution in [-0.4, -0.2) is 61.6 Å². The quantitative estimate of drug-likeness (QED) is 0.251. The van der Waals surface area contributed by atoms with E-state index in [9.17, 15) is 26.4 Å². The molecule has 0 radical (unpaired) electrons. The second-order valence-electron chi connectivity index (χ2n) is 8.00. The van der Waals surface area contributed by atoms with Gasteiger partial charge in [0.1, 0.15) is 5.52 Å². The second kappa shape index (κ2) is 9.04. The van der Waals surface area contributed by atoms with E-state index in [-0.39, 0.29) is 40.8 Å². The number of ether oxygens (including phenoxy) is 1. The first-order valence-corrected chi connectivity index (χ1v) is 11.8. The molecule has 0 bridgehead atoms. The maximum Gasteiger partial charge on any atom is 0.449 e. The van der Waals surface area contributed by atoms with Gasteiger partial charge in [0, 0.05) is 32.4 Å². The van der Waals surface area contributed by atoms with Crippen molar-refractivity contribution >= 4 is 38.7 Å². The maximum atomic E-state index is 13.8. The van der Waals surface area contributed by atoms with E-state index >= 15 is 0 Å². The van der Waals surface area contributed by atoms with Crippen LogP contribution in [0, 0.1) is 5.92 Å². The van der Waals surface area contributed by atoms with Crippen LogP contribution in [0.4, 0.5) is 19.0 Å². The van der Waals surface area contributed by atoms with Crippen LogP contribution < -0.4 is 4.72 Å². The molecule has 0 aliphatic heterocycles. The first kappa shape index (κ1) is 24.6. The molecular formula is C20H24F3N5O4S. The summed E-state index contributed by atoms with van der Waals surface area (Å²) < 4.78 is 73.5. The average molecular weight is 488 g/mol. The van der Waals surface area contributed by atoms with E-state index in [2.05, 4.69) is 14.7 Å². The van der Waals surface area contributed by atoms with Crippen LogP contribution in [0.2, 0.25) is 0 Å². The number of aldehydes is 1. The van der Waals surface area contributed by atoms with Gasteiger partial charge >= 0.3 is 6.18 Å². The normalized spacial score (nSPS) is 15.6. The van der Waals surface area contributed by atoms with Crippen molar-refractivity contribution in [1.29, 1.82) is 0 Å². The lowest BCUT2D eigenvalue weighted by Crippen LogP contribution is -2.15. The molecule has 1 fully saturated rings. The van der Waals surface area contributed by atoms with Crippen LogP contribution in [0.3, 0.4) is 0 Å². The molecule has 180 valence electrons. The zero-order chi connectivity index (χ0) is 24.6. The number of nitrogens with zero attached hydrogens (tertiary/aromatic N) is 4. The molecule has 2 heterocycles. The number of hydrogen-bond acceptors (Lipinski definition) is 7. The van der Waals surface area contributed by atoms with Crippen molar-refractivity contribution in [1.82, 2.24) is 19.4 Å². The summed E-state index contributed by atoms with van der Waals surface area (Å²) in [5.74, 6) is -1.43. The summed E-state index contributed by atoms with van der Waals surface area (Å²) in [6.45, 7) is 0.0906. The van der Waals surface area contributed by atoms with Gasteiger partial charge in [0.05, 0.1) is 24.6 Å². The van der Waals surface area contributed by atoms with Gasteiger partial charge in [-0.25, -0.2) is 18.4 Å². The van der Waals surface area contributed by atoms with Crippen LogP contribution in [0.1, 0.15) is 24.4 Å². The zero-order valence-corrected chi connectivity index (χ0v) is 19.3. The Bertz CT molecular complexity index is 1230. The summed E-state index contributed by atoms with van der Waals surface area (Å²) in [6.07, 6.45) is 1.12. The highest BCUT2D eigenvalue weighted by atomic mass is 32.2. The number of alkyl halides is 3. The van der Waals surface area contributed by atoms with E-state index in [1.807, 2.05) is 0 Å². The molecule has 0 saturated heterocycles. The fourth-order valence-electron chi connectivity index (χ4n) is 3.23. The number of rotatable bonds is 9. The largest absolute Gasteiger partial charge is 0.493 e. The van der Waals surface area contributed by atoms with E-state index in [0.717, 1.165) is 23.7 Å². The van der Waals surface area contributed by atoms with Crippen LogP contribution in [-0.2, 0) is 32.3 Å². The summed E-state index contributed by atoms with van der Waals surface area (Å²) in [4.78, 5) is 20.9. The van der Waals surface area contributed by atoms with Crippen molar-refractivity contribution in [3.8, 4) is 0 Å². The summed E-state index contributed by atoms with van der Waals surface area (Å²) in [5.41, 5.74) is 0.306. The number of imidazole rings is 1. The van der Waals surface area contributed by atoms with Crippen molar-refractivity contribution in [2.24, 2.45) is 5.92 Å². The molecule has 3 rings (SSSR count). The van der Waals surface area contributed by atoms with E-state index in [4.69, 9.17) is 4.74 Å². The molecule has 0 amide bonds. The van der Waals surface area contributed by atoms with E-state index < -0.39 is 22.0 Å². The van der Waals surface area contributed by atoms with E-state index in [1.54, 1.807) is 25.2 Å². The van der Waals surface area contributed by atoms with Gasteiger partial charge in [-0.1, -0.05) is 0 Å². The summed E-state index contributed by atoms with van der Waals surface area (Å²) in [6, 6.07) is 1.40. The number of nitrogens with one attached hydrogen (secondary N) is 1. The second-order valence-corrected chi connectivity index (χ2v) is 9.75. The SMILES string of the molecule is CO/C(C=O)=C/C(=C\N(C)C)c1cc2c(nc(C(F)(F)F)n2CC2CC2)c(NS(C)(=O)=O)n1. The molecule has 1 saturated carbocycles. The number of aromatic nitrogens is 3. The Kier molecular flexibility index (Phi) is 6.73. The third-order valence-electron chi connectivity index (χ3n) is 4.75. The number of pyridine rings is 1. The predicted octanol–water partition coefficient (Wildman–Crippen LogP) is 2.86. The Morgan fingerprint density at radius 2 is 2.00 bits per heavy atom. The average Bonchev–Trinajstić information content (AvgIpc) is 3.42. The van der Waals surface area contributed by atoms with Gasteiger partial charge in [-0.2, -0.15) is 13.2 Å². The van der Waals surface area contributed by atoms with Gasteiger partial charge in [-0.3, -0.25) is 9.52 Å². The summed E-state index contributed by atoms with van der Waals surface area (Å²) >= 11 is 0. The Hall–Kier alpha value is -3.09. The number of fused-ring (bicyclic) bond motifs is 1. The van der Waals surface area contributed by atoms with Gasteiger partial charge < -0.3 is 14.2 Å². The predicted molar refractivity (Wildman–Crippen MR) is 117 cm³/mol. The molecule has 2 aromatic heterocycles. The van der Waals surface area contributed by atoms with Crippen molar-refractivity contribution < 1.29 is 31.1 Å². The Labute approximate surface area is 189 Å². The van der Waals surface area contributed by atoms with Gasteiger partial charge in [-0.05, 0) is 30.9 Å². The lowest BCUT2D eigenvalue weighted by atomic mass is 10.1. The molecule has 2 aromatic rings. The minimum absolute atomic E-state index is 0.0508. The van der Waals surface area contributed by atoms with Crippen LogP contribution in [0.15, 0.2) is 24.1 Å². The first-order valence-electron chi connectivity index (χ1n) is 9.88. The van der Waals surface area contributed by atoms with Crippen molar-refractivity contribution in [3.05, 3.63) is 35.6 Å². The molecule has 1 aliphatic rings. The monoisotopic (exact) mass is 487 g/mol. The fourth-order valence-corrected chi connectivity index (χ4v) is 3.72. The zero-order valence-electron chi connectivity index (χ0n) is 18.5. The Morgan fingerprint density at radius 3 is 2.48 bits per heavy atom. The minimum atomic E-state index is -4.75. The Morgan fingerprint density at radius 1 is 1.33 bits per heavy atom. The summed E-state index contributed by atoms with van der Waals surface area (Å²) in [7, 11) is 0.813. The number of carbonyl (C=O) groups excluding carboxylic acids is 1. The summed E-state index contributed by atoms with van der Waals surface area (Å²) in [5, 5.41) is 0. The molecule has 0 atom stereocenters. The lowest BCUT2D eigenvalue weighted by Gasteiger charge is -2.14. The number of halogens is 3. The highest BCUT2D eigenvalue weighted by Gasteiger charge is 2.39. The molecule has 0 spiro atoms. The fraction of sp³-hybridized carbons (Fsp3) is 0.450. The molecule has 0 unspecified atom stereocenters. The lowest BCUT2D eigenvalue weighted by molar-refractivity contribution is -0.147. The molecule has 9 nitrogen and oxygen atoms in total. The van der Waals surface area contributed by atoms with Crippen molar-refractivity contribution in [2.75, 3.05) is 32.2 Å². The molecule has 13 heteroatoms. The van der Waals surface area contributed by atoms with Crippen molar-refractivity contribution in [3.63, 3.8) is 0 Å². The van der Waals surface area contributed by atoms with Gasteiger partial charge in [0.2, 0.25) is 15.8 Å². The highest BCUT2D eigenvalue weighted by molar-refractivity contribution is 7.92. The number of hydrogen-bond donors (Lipinski definition) is 1. The smallest absolute Gasteiger partial charge is 0.449 e. The standard InChI is InChI=1S/C20H24F3N5O4S/c1-27(2)10-13(7-14(11-29)32-3)15-8-16-17(18(24-15)26-33(4,30)31)25-19(20(21,22)23)28(16)9-12-5-6-12/h7-8,10-12H,5-6,9H2,1-4H3,(H,24,26)/b13-10+,14-7+. The maximum absolute atomic E-state index is 13.8. The van der Waals surface area contributed by atoms with Gasteiger partial charge in [0.25, 0.3) is 0 Å². The highest BCUT2D eigenvalue weighted by Crippen LogP contribution is 2.38. The third-order valence-corrected chi connectivity index (χ3v) is 5.32. The molecule has 1 aliphatic carbocycles. The van der Waals surface area contributed by atoms with Crippen molar-refractivity contribution in [2.45, 2.75) is 25.6 Å². The van der Waals surface area contributed by atoms with Gasteiger partial charge in [-0.15, -0.1) is 0 Å². The first-order chi connectivity index (χ1) is 15.3. The molecule has 1 N–H and O–H groups in total. The third kappa shape index (κ3) is 6.03. The number of anilines is 1. The molecule has 0 aromatic carbocycles.